The Morgan fingerprint density at radius 1 is 0.885 bits per heavy atom. The molecule has 4 bridgehead atoms. The zero-order chi connectivity index (χ0) is 18.4. The molecule has 0 heterocycles. The molecule has 2 saturated carbocycles. The average molecular weight is 385 g/mol. The fourth-order valence-corrected chi connectivity index (χ4v) is 12.2. The van der Waals surface area contributed by atoms with E-state index in [9.17, 15) is 8.42 Å². The molecule has 4 aliphatic carbocycles. The number of sulfone groups is 1. The van der Waals surface area contributed by atoms with Crippen molar-refractivity contribution in [1.29, 1.82) is 0 Å². The molecule has 0 radical (unpaired) electrons. The minimum absolute atomic E-state index is 0.262. The Kier molecular flexibility index (Phi) is 3.42. The second-order valence-corrected chi connectivity index (χ2v) is 16.9. The lowest BCUT2D eigenvalue weighted by Crippen LogP contribution is -2.38. The molecule has 4 aliphatic rings. The van der Waals surface area contributed by atoms with Crippen molar-refractivity contribution in [3.8, 4) is 0 Å². The summed E-state index contributed by atoms with van der Waals surface area (Å²) in [6, 6.07) is 7.48. The Labute approximate surface area is 158 Å². The van der Waals surface area contributed by atoms with Crippen molar-refractivity contribution in [3.05, 3.63) is 52.1 Å². The summed E-state index contributed by atoms with van der Waals surface area (Å²) in [6.45, 7) is 9.02. The Morgan fingerprint density at radius 2 is 1.46 bits per heavy atom. The number of rotatable bonds is 3. The molecule has 0 amide bonds. The van der Waals surface area contributed by atoms with Gasteiger partial charge in [-0.05, 0) is 67.4 Å². The fourth-order valence-electron chi connectivity index (χ4n) is 6.71. The Bertz CT molecular complexity index is 933. The SMILES string of the molecule is Cc1ccc(S(=O)(=O)C2=C([Si](C)(C)C)[C@H]3C[C@H]2[C@H]2[C@@H]3[C@H]3C=C[C@H]2C3)cc1. The van der Waals surface area contributed by atoms with Crippen LogP contribution >= 0.6 is 0 Å². The number of hydrogen-bond donors (Lipinski definition) is 0. The highest BCUT2D eigenvalue weighted by Gasteiger charge is 2.63. The zero-order valence-corrected chi connectivity index (χ0v) is 17.9. The van der Waals surface area contributed by atoms with Crippen molar-refractivity contribution in [2.24, 2.45) is 35.5 Å². The maximum atomic E-state index is 13.7. The van der Waals surface area contributed by atoms with Gasteiger partial charge >= 0.3 is 0 Å². The van der Waals surface area contributed by atoms with Crippen LogP contribution in [0.2, 0.25) is 19.6 Å². The Balaban J connectivity index is 1.68. The molecule has 0 aromatic heterocycles. The summed E-state index contributed by atoms with van der Waals surface area (Å²) in [6.07, 6.45) is 7.17. The maximum absolute atomic E-state index is 13.7. The third-order valence-electron chi connectivity index (χ3n) is 7.42. The minimum Gasteiger partial charge on any atom is -0.219 e. The summed E-state index contributed by atoms with van der Waals surface area (Å²) in [5, 5.41) is 1.38. The van der Waals surface area contributed by atoms with Gasteiger partial charge in [-0.1, -0.05) is 54.7 Å². The third-order valence-corrected chi connectivity index (χ3v) is 11.9. The first-order valence-electron chi connectivity index (χ1n) is 9.94. The molecule has 5 rings (SSSR count). The molecule has 138 valence electrons. The van der Waals surface area contributed by atoms with Crippen LogP contribution in [0.15, 0.2) is 51.4 Å². The van der Waals surface area contributed by atoms with Gasteiger partial charge in [0.25, 0.3) is 0 Å². The molecule has 2 nitrogen and oxygen atoms in total. The Morgan fingerprint density at radius 3 is 2.04 bits per heavy atom. The lowest BCUT2D eigenvalue weighted by atomic mass is 9.76. The van der Waals surface area contributed by atoms with Crippen molar-refractivity contribution in [1.82, 2.24) is 0 Å². The summed E-state index contributed by atoms with van der Waals surface area (Å²) < 4.78 is 27.5. The van der Waals surface area contributed by atoms with E-state index in [0.717, 1.165) is 16.9 Å². The van der Waals surface area contributed by atoms with E-state index in [4.69, 9.17) is 0 Å². The first kappa shape index (κ1) is 17.0. The molecule has 0 N–H and O–H groups in total. The summed E-state index contributed by atoms with van der Waals surface area (Å²) >= 11 is 0. The maximum Gasteiger partial charge on any atom is 0.202 e. The highest BCUT2D eigenvalue weighted by atomic mass is 32.2. The summed E-state index contributed by atoms with van der Waals surface area (Å²) in [7, 11) is -5.09. The number of allylic oxidation sites excluding steroid dienone is 4. The molecule has 0 spiro atoms. The third kappa shape index (κ3) is 2.12. The van der Waals surface area contributed by atoms with Crippen molar-refractivity contribution in [2.75, 3.05) is 0 Å². The quantitative estimate of drug-likeness (QED) is 0.418. The normalized spacial score (nSPS) is 37.7. The molecule has 4 heteroatoms. The highest BCUT2D eigenvalue weighted by molar-refractivity contribution is 7.95. The van der Waals surface area contributed by atoms with Crippen LogP contribution in [-0.4, -0.2) is 16.5 Å². The van der Waals surface area contributed by atoms with Gasteiger partial charge in [0.15, 0.2) is 0 Å². The molecule has 2 fully saturated rings. The van der Waals surface area contributed by atoms with E-state index in [1.165, 1.54) is 11.6 Å². The zero-order valence-electron chi connectivity index (χ0n) is 16.1. The van der Waals surface area contributed by atoms with Gasteiger partial charge in [0, 0.05) is 4.91 Å². The van der Waals surface area contributed by atoms with E-state index < -0.39 is 17.9 Å². The fraction of sp³-hybridized carbons (Fsp3) is 0.545. The highest BCUT2D eigenvalue weighted by Crippen LogP contribution is 2.68. The second-order valence-electron chi connectivity index (χ2n) is 9.90. The number of hydrogen-bond acceptors (Lipinski definition) is 2. The van der Waals surface area contributed by atoms with Crippen LogP contribution in [0, 0.1) is 42.4 Å². The predicted octanol–water partition coefficient (Wildman–Crippen LogP) is 4.99. The van der Waals surface area contributed by atoms with Gasteiger partial charge in [0.05, 0.1) is 13.0 Å². The van der Waals surface area contributed by atoms with E-state index in [1.54, 1.807) is 0 Å². The molecule has 0 aliphatic heterocycles. The van der Waals surface area contributed by atoms with Gasteiger partial charge in [-0.15, -0.1) is 0 Å². The van der Waals surface area contributed by atoms with Crippen LogP contribution in [-0.2, 0) is 9.84 Å². The van der Waals surface area contributed by atoms with Crippen LogP contribution in [0.1, 0.15) is 18.4 Å². The van der Waals surface area contributed by atoms with Crippen LogP contribution < -0.4 is 0 Å². The van der Waals surface area contributed by atoms with E-state index in [2.05, 4.69) is 31.8 Å². The monoisotopic (exact) mass is 384 g/mol. The minimum atomic E-state index is -3.38. The molecular weight excluding hydrogens is 356 g/mol. The lowest BCUT2D eigenvalue weighted by Gasteiger charge is -2.38. The first-order chi connectivity index (χ1) is 12.2. The molecule has 26 heavy (non-hydrogen) atoms. The van der Waals surface area contributed by atoms with E-state index in [-0.39, 0.29) is 5.92 Å². The molecule has 1 aromatic carbocycles. The van der Waals surface area contributed by atoms with E-state index in [0.29, 0.717) is 34.5 Å². The van der Waals surface area contributed by atoms with E-state index in [1.807, 2.05) is 31.2 Å². The van der Waals surface area contributed by atoms with Crippen LogP contribution in [0.3, 0.4) is 0 Å². The van der Waals surface area contributed by atoms with Crippen LogP contribution in [0.4, 0.5) is 0 Å². The summed E-state index contributed by atoms with van der Waals surface area (Å²) in [5.41, 5.74) is 1.11. The average Bonchev–Trinajstić information content (AvgIpc) is 3.31. The second kappa shape index (κ2) is 5.23. The van der Waals surface area contributed by atoms with Gasteiger partial charge in [-0.25, -0.2) is 8.42 Å². The lowest BCUT2D eigenvalue weighted by molar-refractivity contribution is 0.282. The largest absolute Gasteiger partial charge is 0.219 e. The molecule has 0 unspecified atom stereocenters. The number of benzene rings is 1. The van der Waals surface area contributed by atoms with Gasteiger partial charge in [-0.3, -0.25) is 0 Å². The first-order valence-corrected chi connectivity index (χ1v) is 14.9. The Hall–Kier alpha value is -1.13. The predicted molar refractivity (Wildman–Crippen MR) is 108 cm³/mol. The van der Waals surface area contributed by atoms with Crippen molar-refractivity contribution < 1.29 is 8.42 Å². The van der Waals surface area contributed by atoms with E-state index >= 15 is 0 Å². The standard InChI is InChI=1S/C22H28O2SSi/c1-13-5-9-16(10-6-13)25(23,24)21-17-12-18(22(21)26(2,3)4)20-15-8-7-14(11-15)19(17)20/h5-10,14-15,17-20H,11-12H2,1-4H3/t14-,15-,17-,18-,19-,20+/m0/s1. The van der Waals surface area contributed by atoms with Gasteiger partial charge in [-0.2, -0.15) is 0 Å². The van der Waals surface area contributed by atoms with Crippen LogP contribution in [0.25, 0.3) is 0 Å². The van der Waals surface area contributed by atoms with Gasteiger partial charge < -0.3 is 0 Å². The van der Waals surface area contributed by atoms with Crippen LogP contribution in [0.5, 0.6) is 0 Å². The molecular formula is C22H28O2SSi. The number of aryl methyl sites for hydroxylation is 1. The summed E-state index contributed by atoms with van der Waals surface area (Å²) in [4.78, 5) is 1.35. The molecule has 1 aromatic rings. The van der Waals surface area contributed by atoms with Gasteiger partial charge in [0.2, 0.25) is 9.84 Å². The smallest absolute Gasteiger partial charge is 0.202 e. The molecule has 0 saturated heterocycles. The molecule has 6 atom stereocenters. The van der Waals surface area contributed by atoms with Crippen molar-refractivity contribution in [3.63, 3.8) is 0 Å². The topological polar surface area (TPSA) is 34.1 Å². The van der Waals surface area contributed by atoms with Crippen molar-refractivity contribution >= 4 is 17.9 Å². The summed E-state index contributed by atoms with van der Waals surface area (Å²) in [5.74, 6) is 3.39. The van der Waals surface area contributed by atoms with Gasteiger partial charge in [0.1, 0.15) is 0 Å². The van der Waals surface area contributed by atoms with Crippen molar-refractivity contribution in [2.45, 2.75) is 44.3 Å². The number of fused-ring (bicyclic) bond motifs is 9.